The van der Waals surface area contributed by atoms with E-state index < -0.39 is 0 Å². The first-order valence-corrected chi connectivity index (χ1v) is 5.77. The predicted octanol–water partition coefficient (Wildman–Crippen LogP) is 1.35. The Kier molecular flexibility index (Phi) is 2.80. The van der Waals surface area contributed by atoms with Crippen molar-refractivity contribution in [2.24, 2.45) is 11.1 Å². The van der Waals surface area contributed by atoms with Gasteiger partial charge in [-0.1, -0.05) is 26.1 Å². The second-order valence-corrected chi connectivity index (χ2v) is 5.38. The summed E-state index contributed by atoms with van der Waals surface area (Å²) in [6.07, 6.45) is 2.87. The molecule has 1 aliphatic heterocycles. The minimum absolute atomic E-state index is 0.321. The van der Waals surface area contributed by atoms with Crippen molar-refractivity contribution in [3.8, 4) is 0 Å². The molecular formula is C11H16N4S. The zero-order valence-electron chi connectivity index (χ0n) is 9.60. The highest BCUT2D eigenvalue weighted by molar-refractivity contribution is 7.80. The second kappa shape index (κ2) is 3.97. The van der Waals surface area contributed by atoms with Crippen LogP contribution in [0.3, 0.4) is 0 Å². The summed E-state index contributed by atoms with van der Waals surface area (Å²) in [5.41, 5.74) is 6.54. The number of anilines is 1. The topological polar surface area (TPSA) is 55.0 Å². The van der Waals surface area contributed by atoms with E-state index in [9.17, 15) is 0 Å². The quantitative estimate of drug-likeness (QED) is 0.785. The maximum Gasteiger partial charge on any atom is 0.225 e. The summed E-state index contributed by atoms with van der Waals surface area (Å²) in [4.78, 5) is 11.1. The van der Waals surface area contributed by atoms with Crippen LogP contribution >= 0.6 is 12.2 Å². The van der Waals surface area contributed by atoms with Gasteiger partial charge in [-0.15, -0.1) is 0 Å². The third kappa shape index (κ3) is 2.29. The molecule has 1 saturated heterocycles. The summed E-state index contributed by atoms with van der Waals surface area (Å²) in [5, 5.41) is 0. The van der Waals surface area contributed by atoms with Gasteiger partial charge in [-0.25, -0.2) is 9.97 Å². The Morgan fingerprint density at radius 1 is 1.56 bits per heavy atom. The van der Waals surface area contributed by atoms with E-state index in [1.54, 1.807) is 12.3 Å². The molecule has 2 rings (SSSR count). The lowest BCUT2D eigenvalue weighted by atomic mass is 9.93. The lowest BCUT2D eigenvalue weighted by Gasteiger charge is -2.19. The molecule has 0 unspecified atom stereocenters. The largest absolute Gasteiger partial charge is 0.388 e. The van der Waals surface area contributed by atoms with E-state index in [1.165, 1.54) is 0 Å². The minimum Gasteiger partial charge on any atom is -0.388 e. The van der Waals surface area contributed by atoms with Gasteiger partial charge in [0, 0.05) is 19.3 Å². The van der Waals surface area contributed by atoms with Crippen molar-refractivity contribution in [1.82, 2.24) is 9.97 Å². The smallest absolute Gasteiger partial charge is 0.225 e. The van der Waals surface area contributed by atoms with E-state index in [0.29, 0.717) is 16.1 Å². The molecule has 0 atom stereocenters. The zero-order valence-corrected chi connectivity index (χ0v) is 10.4. The van der Waals surface area contributed by atoms with Crippen molar-refractivity contribution >= 4 is 23.2 Å². The van der Waals surface area contributed by atoms with Crippen LogP contribution in [0.25, 0.3) is 0 Å². The molecule has 2 N–H and O–H groups in total. The molecule has 1 aromatic heterocycles. The highest BCUT2D eigenvalue weighted by Crippen LogP contribution is 2.30. The van der Waals surface area contributed by atoms with Gasteiger partial charge in [-0.2, -0.15) is 0 Å². The number of nitrogens with two attached hydrogens (primary N) is 1. The Hall–Kier alpha value is -1.23. The van der Waals surface area contributed by atoms with Crippen LogP contribution in [0.2, 0.25) is 0 Å². The SMILES string of the molecule is CC1(C)CCN(c2nccc(C(N)=S)n2)C1. The molecule has 0 bridgehead atoms. The van der Waals surface area contributed by atoms with Gasteiger partial charge in [0.05, 0.1) is 0 Å². The molecule has 4 nitrogen and oxygen atoms in total. The lowest BCUT2D eigenvalue weighted by Crippen LogP contribution is -2.25. The van der Waals surface area contributed by atoms with E-state index in [-0.39, 0.29) is 0 Å². The normalized spacial score (nSPS) is 18.8. The van der Waals surface area contributed by atoms with Crippen molar-refractivity contribution in [1.29, 1.82) is 0 Å². The molecule has 16 heavy (non-hydrogen) atoms. The molecule has 0 aliphatic carbocycles. The zero-order chi connectivity index (χ0) is 11.8. The van der Waals surface area contributed by atoms with Crippen LogP contribution in [0, 0.1) is 5.41 Å². The summed E-state index contributed by atoms with van der Waals surface area (Å²) in [6.45, 7) is 6.48. The Morgan fingerprint density at radius 3 is 2.88 bits per heavy atom. The van der Waals surface area contributed by atoms with Crippen molar-refractivity contribution < 1.29 is 0 Å². The van der Waals surface area contributed by atoms with E-state index in [0.717, 1.165) is 25.5 Å². The summed E-state index contributed by atoms with van der Waals surface area (Å²) >= 11 is 4.91. The van der Waals surface area contributed by atoms with Gasteiger partial charge in [0.25, 0.3) is 0 Å². The fourth-order valence-electron chi connectivity index (χ4n) is 1.92. The van der Waals surface area contributed by atoms with E-state index in [1.807, 2.05) is 0 Å². The van der Waals surface area contributed by atoms with Crippen LogP contribution in [-0.4, -0.2) is 28.0 Å². The molecule has 2 heterocycles. The predicted molar refractivity (Wildman–Crippen MR) is 68.5 cm³/mol. The Morgan fingerprint density at radius 2 is 2.31 bits per heavy atom. The van der Waals surface area contributed by atoms with Crippen LogP contribution < -0.4 is 10.6 Å². The lowest BCUT2D eigenvalue weighted by molar-refractivity contribution is 0.418. The average Bonchev–Trinajstić information content (AvgIpc) is 2.59. The molecule has 0 spiro atoms. The van der Waals surface area contributed by atoms with Gasteiger partial charge >= 0.3 is 0 Å². The van der Waals surface area contributed by atoms with Crippen LogP contribution in [0.5, 0.6) is 0 Å². The molecule has 0 saturated carbocycles. The maximum absolute atomic E-state index is 5.56. The van der Waals surface area contributed by atoms with Crippen LogP contribution in [-0.2, 0) is 0 Å². The molecule has 0 radical (unpaired) electrons. The minimum atomic E-state index is 0.321. The van der Waals surface area contributed by atoms with Crippen molar-refractivity contribution in [2.45, 2.75) is 20.3 Å². The average molecular weight is 236 g/mol. The maximum atomic E-state index is 5.56. The molecule has 5 heteroatoms. The van der Waals surface area contributed by atoms with E-state index in [4.69, 9.17) is 18.0 Å². The second-order valence-electron chi connectivity index (χ2n) is 4.94. The molecule has 1 aliphatic rings. The monoisotopic (exact) mass is 236 g/mol. The summed E-state index contributed by atoms with van der Waals surface area (Å²) in [7, 11) is 0. The fourth-order valence-corrected chi connectivity index (χ4v) is 2.03. The van der Waals surface area contributed by atoms with Crippen molar-refractivity contribution in [2.75, 3.05) is 18.0 Å². The van der Waals surface area contributed by atoms with Crippen LogP contribution in [0.1, 0.15) is 26.0 Å². The third-order valence-corrected chi connectivity index (χ3v) is 3.06. The number of hydrogen-bond acceptors (Lipinski definition) is 4. The van der Waals surface area contributed by atoms with E-state index >= 15 is 0 Å². The number of hydrogen-bond donors (Lipinski definition) is 1. The van der Waals surface area contributed by atoms with Gasteiger partial charge in [0.2, 0.25) is 5.95 Å². The van der Waals surface area contributed by atoms with Crippen molar-refractivity contribution in [3.63, 3.8) is 0 Å². The molecule has 86 valence electrons. The van der Waals surface area contributed by atoms with Gasteiger partial charge in [0.1, 0.15) is 10.7 Å². The Bertz CT molecular complexity index is 416. The highest BCUT2D eigenvalue weighted by Gasteiger charge is 2.30. The molecule has 1 fully saturated rings. The Labute approximate surface area is 101 Å². The molecular weight excluding hydrogens is 220 g/mol. The number of aromatic nitrogens is 2. The Balaban J connectivity index is 2.22. The first kappa shape index (κ1) is 11.3. The highest BCUT2D eigenvalue weighted by atomic mass is 32.1. The van der Waals surface area contributed by atoms with Gasteiger partial charge in [-0.3, -0.25) is 0 Å². The first-order valence-electron chi connectivity index (χ1n) is 5.36. The van der Waals surface area contributed by atoms with Crippen LogP contribution in [0.15, 0.2) is 12.3 Å². The first-order chi connectivity index (χ1) is 7.48. The summed E-state index contributed by atoms with van der Waals surface area (Å²) in [5.74, 6) is 0.732. The third-order valence-electron chi connectivity index (χ3n) is 2.86. The number of thiocarbonyl (C=S) groups is 1. The number of rotatable bonds is 2. The van der Waals surface area contributed by atoms with E-state index in [2.05, 4.69) is 28.7 Å². The molecule has 1 aromatic rings. The van der Waals surface area contributed by atoms with Gasteiger partial charge in [0.15, 0.2) is 0 Å². The molecule has 0 amide bonds. The van der Waals surface area contributed by atoms with Gasteiger partial charge < -0.3 is 10.6 Å². The summed E-state index contributed by atoms with van der Waals surface area (Å²) < 4.78 is 0. The fraction of sp³-hybridized carbons (Fsp3) is 0.545. The standard InChI is InChI=1S/C11H16N4S/c1-11(2)4-6-15(7-11)10-13-5-3-8(14-10)9(12)16/h3,5H,4,6-7H2,1-2H3,(H2,12,16). The molecule has 0 aromatic carbocycles. The van der Waals surface area contributed by atoms with Crippen LogP contribution in [0.4, 0.5) is 5.95 Å². The van der Waals surface area contributed by atoms with Crippen molar-refractivity contribution in [3.05, 3.63) is 18.0 Å². The van der Waals surface area contributed by atoms with Gasteiger partial charge in [-0.05, 0) is 17.9 Å². The number of nitrogens with zero attached hydrogens (tertiary/aromatic N) is 3. The summed E-state index contributed by atoms with van der Waals surface area (Å²) in [6, 6.07) is 1.74.